The van der Waals surface area contributed by atoms with Gasteiger partial charge in [0, 0.05) is 16.8 Å². The van der Waals surface area contributed by atoms with Gasteiger partial charge in [-0.3, -0.25) is 0 Å². The molecule has 0 saturated heterocycles. The van der Waals surface area contributed by atoms with Crippen LogP contribution in [0.25, 0.3) is 39.0 Å². The molecule has 5 aliphatic carbocycles. The lowest BCUT2D eigenvalue weighted by molar-refractivity contribution is 0.579. The van der Waals surface area contributed by atoms with Crippen LogP contribution < -0.4 is 0 Å². The average molecular weight is 748 g/mol. The Kier molecular flexibility index (Phi) is 9.57. The summed E-state index contributed by atoms with van der Waals surface area (Å²) in [6.07, 6.45) is 33.2. The van der Waals surface area contributed by atoms with Crippen LogP contribution in [0, 0.1) is 0 Å². The van der Waals surface area contributed by atoms with Crippen LogP contribution in [-0.2, 0) is 18.3 Å². The highest BCUT2D eigenvalue weighted by Gasteiger charge is 2.37. The van der Waals surface area contributed by atoms with Crippen molar-refractivity contribution in [3.63, 3.8) is 0 Å². The summed E-state index contributed by atoms with van der Waals surface area (Å²) in [4.78, 5) is 2.30. The van der Waals surface area contributed by atoms with E-state index in [-0.39, 0.29) is 5.41 Å². The molecule has 0 unspecified atom stereocenters. The van der Waals surface area contributed by atoms with Crippen LogP contribution in [0.3, 0.4) is 0 Å². The van der Waals surface area contributed by atoms with Crippen molar-refractivity contribution in [2.24, 2.45) is 0 Å². The third kappa shape index (κ3) is 6.20. The first-order valence-corrected chi connectivity index (χ1v) is 20.5. The first kappa shape index (κ1) is 36.9. The number of fused-ring (bicyclic) bond motifs is 7. The normalized spacial score (nSPS) is 17.4. The Morgan fingerprint density at radius 3 is 2.47 bits per heavy atom. The predicted molar refractivity (Wildman–Crippen MR) is 248 cm³/mol. The molecule has 0 bridgehead atoms. The maximum absolute atomic E-state index is 4.32. The molecule has 0 N–H and O–H groups in total. The van der Waals surface area contributed by atoms with Gasteiger partial charge in [-0.25, -0.2) is 0 Å². The van der Waals surface area contributed by atoms with Gasteiger partial charge in [0.05, 0.1) is 5.70 Å². The van der Waals surface area contributed by atoms with E-state index in [4.69, 9.17) is 0 Å². The van der Waals surface area contributed by atoms with Crippen molar-refractivity contribution in [1.29, 1.82) is 0 Å². The molecule has 1 heteroatoms. The summed E-state index contributed by atoms with van der Waals surface area (Å²) in [6, 6.07) is 29.2. The summed E-state index contributed by atoms with van der Waals surface area (Å²) >= 11 is 0. The molecule has 0 atom stereocenters. The lowest BCUT2D eigenvalue weighted by Gasteiger charge is -2.27. The van der Waals surface area contributed by atoms with E-state index in [1.54, 1.807) is 0 Å². The number of hydrogen-bond donors (Lipinski definition) is 0. The van der Waals surface area contributed by atoms with Gasteiger partial charge in [-0.2, -0.15) is 0 Å². The molecule has 0 spiro atoms. The zero-order valence-electron chi connectivity index (χ0n) is 34.1. The van der Waals surface area contributed by atoms with Crippen molar-refractivity contribution >= 4 is 16.7 Å². The second kappa shape index (κ2) is 15.0. The van der Waals surface area contributed by atoms with Crippen molar-refractivity contribution in [3.8, 4) is 22.3 Å². The van der Waals surface area contributed by atoms with Crippen LogP contribution in [0.5, 0.6) is 0 Å². The molecule has 0 amide bonds. The first-order chi connectivity index (χ1) is 28.3. The van der Waals surface area contributed by atoms with E-state index in [1.165, 1.54) is 89.1 Å². The summed E-state index contributed by atoms with van der Waals surface area (Å²) in [5.41, 5.74) is 27.7. The molecule has 0 aromatic heterocycles. The van der Waals surface area contributed by atoms with Gasteiger partial charge in [-0.05, 0) is 177 Å². The van der Waals surface area contributed by atoms with Crippen molar-refractivity contribution in [3.05, 3.63) is 250 Å². The zero-order valence-corrected chi connectivity index (χ0v) is 34.1. The molecular weight excluding hydrogens is 699 g/mol. The SMILES string of the molecule is C=CC1=C(/C=C\C)c2ccc(-c3c4c(cc5c3-c3ccccc3C5)C3=CC=C=C(N(C5=CC=CCC=C5)/C(C=C)=C/C=C(\C)c5ccccc5)C=C3C4)cc2C1(C)C. The molecule has 0 saturated carbocycles. The molecule has 0 radical (unpaired) electrons. The van der Waals surface area contributed by atoms with Gasteiger partial charge in [-0.1, -0.05) is 142 Å². The second-order valence-electron chi connectivity index (χ2n) is 16.2. The molecule has 1 nitrogen and oxygen atoms in total. The summed E-state index contributed by atoms with van der Waals surface area (Å²) in [6.45, 7) is 17.5. The number of benzene rings is 4. The highest BCUT2D eigenvalue weighted by Crippen LogP contribution is 2.54. The Hall–Kier alpha value is -6.66. The van der Waals surface area contributed by atoms with E-state index in [0.29, 0.717) is 0 Å². The van der Waals surface area contributed by atoms with Crippen molar-refractivity contribution < 1.29 is 0 Å². The van der Waals surface area contributed by atoms with Gasteiger partial charge in [0.2, 0.25) is 0 Å². The fourth-order valence-electron chi connectivity index (χ4n) is 9.60. The fraction of sp³-hybridized carbons (Fsp3) is 0.140. The van der Waals surface area contributed by atoms with E-state index < -0.39 is 0 Å². The van der Waals surface area contributed by atoms with Crippen LogP contribution in [0.2, 0.25) is 0 Å². The standard InChI is InChI=1S/C57H49N/c1-7-20-49-50-32-30-41(37-54(50)57(5,6)53(49)9-3)55-52-35-42-34-46(26-19-28-47(42)51(52)36-43-33-40-23-17-18-27-48(40)56(43)55)58(45-24-15-10-11-16-25-45)44(8-2)31-29-38(4)39-21-13-12-14-22-39/h7-10,12-25,27-32,34,36-37H,2-3,11,33,35H2,1,4-6H3/b20-7-,38-29+,44-31+. The molecule has 5 aliphatic rings. The predicted octanol–water partition coefficient (Wildman–Crippen LogP) is 14.5. The zero-order chi connectivity index (χ0) is 40.0. The van der Waals surface area contributed by atoms with Crippen LogP contribution in [-0.4, -0.2) is 4.90 Å². The van der Waals surface area contributed by atoms with E-state index in [1.807, 2.05) is 6.08 Å². The molecule has 0 heterocycles. The highest BCUT2D eigenvalue weighted by molar-refractivity contribution is 6.01. The monoisotopic (exact) mass is 747 g/mol. The number of rotatable bonds is 9. The third-order valence-corrected chi connectivity index (χ3v) is 12.4. The Labute approximate surface area is 344 Å². The molecule has 4 aromatic carbocycles. The Balaban J connectivity index is 1.19. The Bertz CT molecular complexity index is 2780. The molecule has 282 valence electrons. The van der Waals surface area contributed by atoms with Crippen LogP contribution in [0.4, 0.5) is 0 Å². The third-order valence-electron chi connectivity index (χ3n) is 12.4. The number of nitrogens with zero attached hydrogens (tertiary/aromatic N) is 1. The van der Waals surface area contributed by atoms with E-state index in [2.05, 4.69) is 209 Å². The number of allylic oxidation sites excluding steroid dienone is 18. The van der Waals surface area contributed by atoms with Gasteiger partial charge >= 0.3 is 0 Å². The van der Waals surface area contributed by atoms with E-state index >= 15 is 0 Å². The van der Waals surface area contributed by atoms with Crippen LogP contribution in [0.1, 0.15) is 73.1 Å². The average Bonchev–Trinajstić information content (AvgIpc) is 3.64. The lowest BCUT2D eigenvalue weighted by Crippen LogP contribution is -2.19. The van der Waals surface area contributed by atoms with Crippen LogP contribution >= 0.6 is 0 Å². The molecule has 0 aliphatic heterocycles. The summed E-state index contributed by atoms with van der Waals surface area (Å²) in [5, 5.41) is 0. The minimum Gasteiger partial charge on any atom is -0.304 e. The van der Waals surface area contributed by atoms with Crippen LogP contribution in [0.15, 0.2) is 211 Å². The van der Waals surface area contributed by atoms with Gasteiger partial charge < -0.3 is 4.90 Å². The summed E-state index contributed by atoms with van der Waals surface area (Å²) in [7, 11) is 0. The van der Waals surface area contributed by atoms with E-state index in [0.717, 1.165) is 36.4 Å². The molecule has 0 fully saturated rings. The van der Waals surface area contributed by atoms with E-state index in [9.17, 15) is 0 Å². The minimum atomic E-state index is -0.159. The first-order valence-electron chi connectivity index (χ1n) is 20.5. The quantitative estimate of drug-likeness (QED) is 0.107. The largest absolute Gasteiger partial charge is 0.304 e. The Morgan fingerprint density at radius 1 is 0.828 bits per heavy atom. The molecule has 4 aromatic rings. The maximum atomic E-state index is 4.32. The summed E-state index contributed by atoms with van der Waals surface area (Å²) < 4.78 is 0. The van der Waals surface area contributed by atoms with Gasteiger partial charge in [0.25, 0.3) is 0 Å². The minimum absolute atomic E-state index is 0.159. The smallest absolute Gasteiger partial charge is 0.0893 e. The molecule has 9 rings (SSSR count). The lowest BCUT2D eigenvalue weighted by atomic mass is 9.79. The molecule has 58 heavy (non-hydrogen) atoms. The summed E-state index contributed by atoms with van der Waals surface area (Å²) in [5.74, 6) is 0. The topological polar surface area (TPSA) is 3.24 Å². The van der Waals surface area contributed by atoms with Crippen molar-refractivity contribution in [2.75, 3.05) is 0 Å². The van der Waals surface area contributed by atoms with Gasteiger partial charge in [0.15, 0.2) is 0 Å². The van der Waals surface area contributed by atoms with Crippen molar-refractivity contribution in [1.82, 2.24) is 4.90 Å². The second-order valence-corrected chi connectivity index (χ2v) is 16.2. The van der Waals surface area contributed by atoms with Crippen molar-refractivity contribution in [2.45, 2.75) is 52.4 Å². The maximum Gasteiger partial charge on any atom is 0.0893 e. The highest BCUT2D eigenvalue weighted by atomic mass is 15.2. The van der Waals surface area contributed by atoms with Gasteiger partial charge in [-0.15, -0.1) is 0 Å². The Morgan fingerprint density at radius 2 is 1.66 bits per heavy atom. The van der Waals surface area contributed by atoms with Gasteiger partial charge in [0.1, 0.15) is 0 Å². The number of hydrogen-bond acceptors (Lipinski definition) is 1. The molecular formula is C57H49N. The fourth-order valence-corrected chi connectivity index (χ4v) is 9.60.